The van der Waals surface area contributed by atoms with Crippen molar-refractivity contribution in [2.75, 3.05) is 5.88 Å². The summed E-state index contributed by atoms with van der Waals surface area (Å²) < 4.78 is 0. The maximum atomic E-state index is 10.1. The molecule has 1 saturated carbocycles. The molecule has 0 aromatic rings. The summed E-state index contributed by atoms with van der Waals surface area (Å²) in [7, 11) is 0. The van der Waals surface area contributed by atoms with E-state index in [0.29, 0.717) is 11.8 Å². The second-order valence-corrected chi connectivity index (χ2v) is 4.48. The molecule has 2 atom stereocenters. The van der Waals surface area contributed by atoms with Gasteiger partial charge in [-0.15, -0.1) is 11.6 Å². The van der Waals surface area contributed by atoms with Gasteiger partial charge in [-0.25, -0.2) is 0 Å². The molecule has 0 heterocycles. The van der Waals surface area contributed by atoms with Gasteiger partial charge < -0.3 is 5.11 Å². The van der Waals surface area contributed by atoms with Gasteiger partial charge in [0.15, 0.2) is 0 Å². The van der Waals surface area contributed by atoms with Crippen molar-refractivity contribution in [3.8, 4) is 0 Å². The summed E-state index contributed by atoms with van der Waals surface area (Å²) in [6, 6.07) is 0. The van der Waals surface area contributed by atoms with Crippen molar-refractivity contribution in [3.05, 3.63) is 11.6 Å². The molecule has 2 aliphatic carbocycles. The number of hydrogen-bond acceptors (Lipinski definition) is 1. The van der Waals surface area contributed by atoms with Gasteiger partial charge in [-0.05, 0) is 38.0 Å². The summed E-state index contributed by atoms with van der Waals surface area (Å²) >= 11 is 5.77. The predicted octanol–water partition coefficient (Wildman–Crippen LogP) is 2.48. The van der Waals surface area contributed by atoms with Crippen LogP contribution < -0.4 is 0 Å². The first-order valence-electron chi connectivity index (χ1n) is 4.70. The lowest BCUT2D eigenvalue weighted by atomic mass is 9.70. The number of aliphatic hydroxyl groups is 1. The first kappa shape index (κ1) is 8.58. The van der Waals surface area contributed by atoms with Crippen molar-refractivity contribution < 1.29 is 5.11 Å². The van der Waals surface area contributed by atoms with Crippen LogP contribution in [0.2, 0.25) is 0 Å². The van der Waals surface area contributed by atoms with Gasteiger partial charge in [0.05, 0.1) is 5.60 Å². The van der Waals surface area contributed by atoms with E-state index in [1.165, 1.54) is 18.4 Å². The van der Waals surface area contributed by atoms with Crippen molar-refractivity contribution in [3.63, 3.8) is 0 Å². The van der Waals surface area contributed by atoms with E-state index < -0.39 is 5.60 Å². The zero-order valence-electron chi connectivity index (χ0n) is 7.22. The van der Waals surface area contributed by atoms with Crippen LogP contribution in [0.15, 0.2) is 11.6 Å². The fourth-order valence-electron chi connectivity index (χ4n) is 2.60. The minimum Gasteiger partial charge on any atom is -0.390 e. The zero-order chi connectivity index (χ0) is 8.60. The summed E-state index contributed by atoms with van der Waals surface area (Å²) in [5, 5.41) is 10.1. The van der Waals surface area contributed by atoms with Crippen LogP contribution in [0.4, 0.5) is 0 Å². The molecule has 0 spiro atoms. The molecule has 1 N–H and O–H groups in total. The third kappa shape index (κ3) is 1.53. The van der Waals surface area contributed by atoms with Crippen LogP contribution in [-0.2, 0) is 0 Å². The normalized spacial score (nSPS) is 40.8. The van der Waals surface area contributed by atoms with Crippen molar-refractivity contribution in [2.45, 2.75) is 37.7 Å². The van der Waals surface area contributed by atoms with Gasteiger partial charge in [-0.2, -0.15) is 0 Å². The number of hydrogen-bond donors (Lipinski definition) is 1. The Labute approximate surface area is 78.4 Å². The maximum absolute atomic E-state index is 10.1. The number of allylic oxidation sites excluding steroid dienone is 1. The number of alkyl halides is 1. The van der Waals surface area contributed by atoms with Gasteiger partial charge in [-0.3, -0.25) is 0 Å². The Bertz CT molecular complexity index is 212. The summed E-state index contributed by atoms with van der Waals surface area (Å²) in [5.41, 5.74) is 0.845. The largest absolute Gasteiger partial charge is 0.390 e. The highest BCUT2D eigenvalue weighted by molar-refractivity contribution is 6.19. The van der Waals surface area contributed by atoms with Crippen LogP contribution >= 0.6 is 11.6 Å². The van der Waals surface area contributed by atoms with E-state index >= 15 is 0 Å². The highest BCUT2D eigenvalue weighted by atomic mass is 35.5. The second-order valence-electron chi connectivity index (χ2n) is 4.22. The van der Waals surface area contributed by atoms with Gasteiger partial charge in [-0.1, -0.05) is 11.6 Å². The van der Waals surface area contributed by atoms with Crippen LogP contribution in [-0.4, -0.2) is 16.6 Å². The van der Waals surface area contributed by atoms with Crippen LogP contribution in [0.3, 0.4) is 0 Å². The Morgan fingerprint density at radius 3 is 3.17 bits per heavy atom. The van der Waals surface area contributed by atoms with Gasteiger partial charge in [0, 0.05) is 5.88 Å². The fourth-order valence-corrected chi connectivity index (χ4v) is 2.78. The molecule has 2 unspecified atom stereocenters. The molecule has 68 valence electrons. The Morgan fingerprint density at radius 1 is 1.67 bits per heavy atom. The third-order valence-corrected chi connectivity index (χ3v) is 3.40. The molecule has 2 heteroatoms. The van der Waals surface area contributed by atoms with Crippen LogP contribution in [0, 0.1) is 5.92 Å². The molecule has 1 fully saturated rings. The second kappa shape index (κ2) is 3.04. The summed E-state index contributed by atoms with van der Waals surface area (Å²) in [6.07, 6.45) is 7.44. The summed E-state index contributed by atoms with van der Waals surface area (Å²) in [4.78, 5) is 0. The van der Waals surface area contributed by atoms with Gasteiger partial charge in [0.1, 0.15) is 0 Å². The standard InChI is InChI=1S/C10H15ClO/c11-7-9-4-8-2-1-3-10(12,5-8)6-9/h4,8,12H,1-3,5-7H2. The molecule has 0 aromatic carbocycles. The average Bonchev–Trinajstić information content (AvgIpc) is 2.02. The molecule has 0 saturated heterocycles. The Hall–Kier alpha value is -0.0100. The van der Waals surface area contributed by atoms with E-state index in [2.05, 4.69) is 6.08 Å². The lowest BCUT2D eigenvalue weighted by Gasteiger charge is -2.40. The fraction of sp³-hybridized carbons (Fsp3) is 0.800. The highest BCUT2D eigenvalue weighted by Gasteiger charge is 2.37. The van der Waals surface area contributed by atoms with Crippen LogP contribution in [0.5, 0.6) is 0 Å². The zero-order valence-corrected chi connectivity index (χ0v) is 7.98. The Kier molecular flexibility index (Phi) is 2.18. The maximum Gasteiger partial charge on any atom is 0.0690 e. The first-order valence-corrected chi connectivity index (χ1v) is 5.23. The number of halogens is 1. The van der Waals surface area contributed by atoms with E-state index in [0.717, 1.165) is 19.3 Å². The molecule has 1 nitrogen and oxygen atoms in total. The lowest BCUT2D eigenvalue weighted by molar-refractivity contribution is -0.0144. The van der Waals surface area contributed by atoms with E-state index in [-0.39, 0.29) is 0 Å². The third-order valence-electron chi connectivity index (χ3n) is 3.06. The van der Waals surface area contributed by atoms with Gasteiger partial charge in [0.2, 0.25) is 0 Å². The van der Waals surface area contributed by atoms with Crippen molar-refractivity contribution in [2.24, 2.45) is 5.92 Å². The number of fused-ring (bicyclic) bond motifs is 2. The molecular weight excluding hydrogens is 172 g/mol. The molecule has 2 rings (SSSR count). The van der Waals surface area contributed by atoms with E-state index in [1.807, 2.05) is 0 Å². The SMILES string of the molecule is OC12CCCC(C=C(CCl)C1)C2. The van der Waals surface area contributed by atoms with E-state index in [4.69, 9.17) is 11.6 Å². The van der Waals surface area contributed by atoms with Gasteiger partial charge in [0.25, 0.3) is 0 Å². The molecule has 2 bridgehead atoms. The minimum atomic E-state index is -0.401. The minimum absolute atomic E-state index is 0.401. The first-order chi connectivity index (χ1) is 5.72. The molecular formula is C10H15ClO. The monoisotopic (exact) mass is 186 g/mol. The average molecular weight is 187 g/mol. The smallest absolute Gasteiger partial charge is 0.0690 e. The molecule has 0 radical (unpaired) electrons. The van der Waals surface area contributed by atoms with Crippen molar-refractivity contribution in [1.29, 1.82) is 0 Å². The number of rotatable bonds is 1. The molecule has 0 aromatic heterocycles. The summed E-state index contributed by atoms with van der Waals surface area (Å²) in [6.45, 7) is 0. The highest BCUT2D eigenvalue weighted by Crippen LogP contribution is 2.41. The quantitative estimate of drug-likeness (QED) is 0.493. The molecule has 2 aliphatic rings. The molecule has 12 heavy (non-hydrogen) atoms. The Morgan fingerprint density at radius 2 is 2.50 bits per heavy atom. The topological polar surface area (TPSA) is 20.2 Å². The van der Waals surface area contributed by atoms with Crippen LogP contribution in [0.1, 0.15) is 32.1 Å². The van der Waals surface area contributed by atoms with Crippen molar-refractivity contribution in [1.82, 2.24) is 0 Å². The molecule has 0 aliphatic heterocycles. The van der Waals surface area contributed by atoms with E-state index in [9.17, 15) is 5.11 Å². The Balaban J connectivity index is 2.19. The van der Waals surface area contributed by atoms with Gasteiger partial charge >= 0.3 is 0 Å². The van der Waals surface area contributed by atoms with Crippen molar-refractivity contribution >= 4 is 11.6 Å². The molecule has 0 amide bonds. The van der Waals surface area contributed by atoms with Crippen LogP contribution in [0.25, 0.3) is 0 Å². The predicted molar refractivity (Wildman–Crippen MR) is 50.3 cm³/mol. The van der Waals surface area contributed by atoms with E-state index in [1.54, 1.807) is 0 Å². The lowest BCUT2D eigenvalue weighted by Crippen LogP contribution is -2.38. The summed E-state index contributed by atoms with van der Waals surface area (Å²) in [5.74, 6) is 1.20.